The van der Waals surface area contributed by atoms with Crippen molar-refractivity contribution in [2.45, 2.75) is 6.92 Å². The summed E-state index contributed by atoms with van der Waals surface area (Å²) in [6.07, 6.45) is 0. The van der Waals surface area contributed by atoms with Gasteiger partial charge in [0, 0.05) is 15.7 Å². The van der Waals surface area contributed by atoms with Crippen molar-refractivity contribution in [2.75, 3.05) is 0 Å². The van der Waals surface area contributed by atoms with Gasteiger partial charge in [-0.1, -0.05) is 6.07 Å². The van der Waals surface area contributed by atoms with Gasteiger partial charge in [-0.15, -0.1) is 0 Å². The average Bonchev–Trinajstić information content (AvgIpc) is 2.07. The van der Waals surface area contributed by atoms with Crippen molar-refractivity contribution in [1.82, 2.24) is 0 Å². The number of nitrogens with zero attached hydrogens (tertiary/aromatic N) is 2. The van der Waals surface area contributed by atoms with Gasteiger partial charge in [0.1, 0.15) is 0 Å². The summed E-state index contributed by atoms with van der Waals surface area (Å²) in [4.78, 5) is 3.07. The highest BCUT2D eigenvalue weighted by molar-refractivity contribution is 14.1. The molecule has 0 heterocycles. The third-order valence-corrected chi connectivity index (χ3v) is 2.43. The van der Waals surface area contributed by atoms with Crippen LogP contribution in [0.2, 0.25) is 0 Å². The molecule has 2 nitrogen and oxygen atoms in total. The molecule has 0 amide bonds. The zero-order chi connectivity index (χ0) is 12.1. The Morgan fingerprint density at radius 3 is 2.07 bits per heavy atom. The Bertz CT molecular complexity index is 368. The summed E-state index contributed by atoms with van der Waals surface area (Å²) in [7, 11) is -6.00. The SMILES string of the molecule is Cc1ccc([N+]#N)cc1I.F[B-](F)(F)F. The van der Waals surface area contributed by atoms with E-state index in [-0.39, 0.29) is 0 Å². The van der Waals surface area contributed by atoms with E-state index in [2.05, 4.69) is 27.6 Å². The Morgan fingerprint density at radius 1 is 1.27 bits per heavy atom. The van der Waals surface area contributed by atoms with Crippen LogP contribution in [0.25, 0.3) is 4.98 Å². The first-order valence-electron chi connectivity index (χ1n) is 3.72. The molecule has 82 valence electrons. The topological polar surface area (TPSA) is 28.1 Å². The van der Waals surface area contributed by atoms with Crippen LogP contribution in [0.5, 0.6) is 0 Å². The van der Waals surface area contributed by atoms with Gasteiger partial charge in [-0.3, -0.25) is 0 Å². The van der Waals surface area contributed by atoms with Crippen LogP contribution in [-0.2, 0) is 0 Å². The first-order valence-corrected chi connectivity index (χ1v) is 4.80. The largest absolute Gasteiger partial charge is 0.673 e. The Kier molecular flexibility index (Phi) is 5.56. The van der Waals surface area contributed by atoms with Crippen LogP contribution >= 0.6 is 22.6 Å². The molecular formula is C7H6BF4IN2. The summed E-state index contributed by atoms with van der Waals surface area (Å²) in [5, 5.41) is 8.37. The molecule has 0 aromatic heterocycles. The number of halogens is 5. The monoisotopic (exact) mass is 332 g/mol. The zero-order valence-corrected chi connectivity index (χ0v) is 9.75. The summed E-state index contributed by atoms with van der Waals surface area (Å²) in [5.74, 6) is 0. The van der Waals surface area contributed by atoms with Gasteiger partial charge in [-0.25, -0.2) is 0 Å². The predicted molar refractivity (Wildman–Crippen MR) is 58.8 cm³/mol. The van der Waals surface area contributed by atoms with E-state index in [1.807, 2.05) is 19.1 Å². The number of hydrogen-bond acceptors (Lipinski definition) is 1. The van der Waals surface area contributed by atoms with Crippen molar-refractivity contribution in [3.63, 3.8) is 0 Å². The number of aryl methyl sites for hydroxylation is 1. The van der Waals surface area contributed by atoms with E-state index in [1.54, 1.807) is 6.07 Å². The van der Waals surface area contributed by atoms with E-state index in [1.165, 1.54) is 5.56 Å². The number of hydrogen-bond donors (Lipinski definition) is 0. The molecule has 1 rings (SSSR count). The van der Waals surface area contributed by atoms with Crippen molar-refractivity contribution in [1.29, 1.82) is 5.39 Å². The predicted octanol–water partition coefficient (Wildman–Crippen LogP) is 4.38. The minimum Gasteiger partial charge on any atom is -0.418 e. The molecule has 0 radical (unpaired) electrons. The highest BCUT2D eigenvalue weighted by Gasteiger charge is 2.20. The molecule has 0 atom stereocenters. The molecule has 0 saturated carbocycles. The van der Waals surface area contributed by atoms with Crippen molar-refractivity contribution in [3.8, 4) is 0 Å². The van der Waals surface area contributed by atoms with Gasteiger partial charge in [-0.2, -0.15) is 0 Å². The van der Waals surface area contributed by atoms with Crippen molar-refractivity contribution in [3.05, 3.63) is 32.3 Å². The van der Waals surface area contributed by atoms with E-state index in [9.17, 15) is 17.3 Å². The number of rotatable bonds is 0. The minimum absolute atomic E-state index is 0.606. The smallest absolute Gasteiger partial charge is 0.418 e. The lowest BCUT2D eigenvalue weighted by Gasteiger charge is -1.94. The van der Waals surface area contributed by atoms with Crippen molar-refractivity contribution < 1.29 is 17.3 Å². The van der Waals surface area contributed by atoms with Crippen LogP contribution in [0.4, 0.5) is 23.0 Å². The molecule has 0 N–H and O–H groups in total. The number of benzene rings is 1. The fraction of sp³-hybridized carbons (Fsp3) is 0.143. The van der Waals surface area contributed by atoms with E-state index in [4.69, 9.17) is 5.39 Å². The van der Waals surface area contributed by atoms with Crippen LogP contribution in [0.15, 0.2) is 18.2 Å². The van der Waals surface area contributed by atoms with Gasteiger partial charge in [0.2, 0.25) is 5.39 Å². The van der Waals surface area contributed by atoms with Crippen molar-refractivity contribution in [2.24, 2.45) is 0 Å². The fourth-order valence-electron chi connectivity index (χ4n) is 0.644. The maximum atomic E-state index is 9.75. The average molecular weight is 332 g/mol. The second kappa shape index (κ2) is 5.90. The first kappa shape index (κ1) is 14.2. The van der Waals surface area contributed by atoms with E-state index < -0.39 is 7.25 Å². The van der Waals surface area contributed by atoms with E-state index >= 15 is 0 Å². The normalized spacial score (nSPS) is 9.93. The quantitative estimate of drug-likeness (QED) is 0.300. The van der Waals surface area contributed by atoms with Gasteiger partial charge in [0.25, 0.3) is 0 Å². The molecular weight excluding hydrogens is 326 g/mol. The van der Waals surface area contributed by atoms with Crippen LogP contribution in [-0.4, -0.2) is 7.25 Å². The Balaban J connectivity index is 0.000000336. The van der Waals surface area contributed by atoms with Gasteiger partial charge in [-0.05, 0) is 35.1 Å². The second-order valence-electron chi connectivity index (χ2n) is 2.53. The molecule has 1 aromatic rings. The maximum absolute atomic E-state index is 9.75. The van der Waals surface area contributed by atoms with Gasteiger partial charge in [0.15, 0.2) is 4.98 Å². The highest BCUT2D eigenvalue weighted by Crippen LogP contribution is 2.18. The molecule has 8 heteroatoms. The molecule has 1 aromatic carbocycles. The van der Waals surface area contributed by atoms with Crippen LogP contribution in [0, 0.1) is 15.9 Å². The lowest BCUT2D eigenvalue weighted by atomic mass is 10.2. The molecule has 0 bridgehead atoms. The summed E-state index contributed by atoms with van der Waals surface area (Å²) in [6.45, 7) is 2.02. The third kappa shape index (κ3) is 8.17. The Morgan fingerprint density at radius 2 is 1.73 bits per heavy atom. The summed E-state index contributed by atoms with van der Waals surface area (Å²) >= 11 is 2.20. The fourth-order valence-corrected chi connectivity index (χ4v) is 1.14. The molecule has 15 heavy (non-hydrogen) atoms. The highest BCUT2D eigenvalue weighted by atomic mass is 127. The van der Waals surface area contributed by atoms with Crippen LogP contribution in [0.1, 0.15) is 5.56 Å². The summed E-state index contributed by atoms with van der Waals surface area (Å²) < 4.78 is 40.1. The zero-order valence-electron chi connectivity index (χ0n) is 7.59. The number of diazo groups is 1. The van der Waals surface area contributed by atoms with Gasteiger partial charge < -0.3 is 17.3 Å². The lowest BCUT2D eigenvalue weighted by Crippen LogP contribution is -2.02. The van der Waals surface area contributed by atoms with Gasteiger partial charge >= 0.3 is 12.9 Å². The van der Waals surface area contributed by atoms with Crippen LogP contribution in [0.3, 0.4) is 0 Å². The van der Waals surface area contributed by atoms with E-state index in [0.29, 0.717) is 5.69 Å². The molecule has 0 unspecified atom stereocenters. The molecule has 0 aliphatic heterocycles. The Hall–Kier alpha value is -0.845. The molecule has 0 spiro atoms. The van der Waals surface area contributed by atoms with E-state index in [0.717, 1.165) is 3.57 Å². The standard InChI is InChI=1S/C7H6IN2.BF4/c1-5-2-3-6(10-9)4-7(5)8;2-1(3,4)5/h2-4H,1H3;/q+1;-1. The second-order valence-corrected chi connectivity index (χ2v) is 3.69. The summed E-state index contributed by atoms with van der Waals surface area (Å²) in [6, 6.07) is 5.53. The molecule has 0 saturated heterocycles. The van der Waals surface area contributed by atoms with Crippen molar-refractivity contribution >= 4 is 35.5 Å². The molecule has 0 fully saturated rings. The minimum atomic E-state index is -6.00. The first-order chi connectivity index (χ1) is 6.74. The Labute approximate surface area is 97.5 Å². The third-order valence-electron chi connectivity index (χ3n) is 1.27. The lowest BCUT2D eigenvalue weighted by molar-refractivity contribution is 0.368. The molecule has 0 aliphatic rings. The summed E-state index contributed by atoms with van der Waals surface area (Å²) in [5.41, 5.74) is 1.81. The maximum Gasteiger partial charge on any atom is 0.673 e. The van der Waals surface area contributed by atoms with Crippen LogP contribution < -0.4 is 0 Å². The van der Waals surface area contributed by atoms with Gasteiger partial charge in [0.05, 0.1) is 0 Å². The molecule has 0 aliphatic carbocycles.